The molecule has 0 aromatic heterocycles. The smallest absolute Gasteiger partial charge is 0.434 e. The molecule has 0 saturated heterocycles. The Morgan fingerprint density at radius 3 is 2.19 bits per heavy atom. The third-order valence-electron chi connectivity index (χ3n) is 3.90. The highest BCUT2D eigenvalue weighted by Gasteiger charge is 2.29. The van der Waals surface area contributed by atoms with E-state index in [-0.39, 0.29) is 23.6 Å². The Morgan fingerprint density at radius 1 is 1.00 bits per heavy atom. The van der Waals surface area contributed by atoms with Crippen molar-refractivity contribution >= 4 is 27.8 Å². The van der Waals surface area contributed by atoms with Gasteiger partial charge < -0.3 is 9.47 Å². The fourth-order valence-corrected chi connectivity index (χ4v) is 3.89. The molecule has 8 heteroatoms. The minimum atomic E-state index is -4.12. The van der Waals surface area contributed by atoms with Crippen LogP contribution in [0.1, 0.15) is 32.8 Å². The summed E-state index contributed by atoms with van der Waals surface area (Å²) >= 11 is 0. The molecule has 31 heavy (non-hydrogen) atoms. The van der Waals surface area contributed by atoms with Gasteiger partial charge in [0.2, 0.25) is 0 Å². The van der Waals surface area contributed by atoms with E-state index in [4.69, 9.17) is 9.47 Å². The first kappa shape index (κ1) is 24.1. The average Bonchev–Trinajstić information content (AvgIpc) is 2.67. The van der Waals surface area contributed by atoms with E-state index in [2.05, 4.69) is 0 Å². The van der Waals surface area contributed by atoms with Crippen molar-refractivity contribution in [3.63, 3.8) is 0 Å². The third-order valence-corrected chi connectivity index (χ3v) is 5.64. The number of hydrogen-bond donors (Lipinski definition) is 0. The maximum absolute atomic E-state index is 13.2. The van der Waals surface area contributed by atoms with Crippen LogP contribution in [0.4, 0.5) is 10.5 Å². The van der Waals surface area contributed by atoms with Crippen LogP contribution in [0.5, 0.6) is 0 Å². The Morgan fingerprint density at radius 2 is 1.61 bits per heavy atom. The van der Waals surface area contributed by atoms with E-state index in [0.29, 0.717) is 0 Å². The van der Waals surface area contributed by atoms with Crippen LogP contribution in [0.15, 0.2) is 71.6 Å². The summed E-state index contributed by atoms with van der Waals surface area (Å²) in [7, 11) is -4.12. The number of aryl methyl sites for hydroxylation is 1. The monoisotopic (exact) mass is 445 g/mol. The second-order valence-corrected chi connectivity index (χ2v) is 9.55. The number of rotatable bonds is 7. The minimum Gasteiger partial charge on any atom is -0.434 e. The largest absolute Gasteiger partial charge is 0.508 e. The molecule has 0 radical (unpaired) electrons. The van der Waals surface area contributed by atoms with E-state index in [1.807, 2.05) is 6.92 Å². The number of anilines is 1. The number of nitrogens with zero attached hydrogens (tertiary/aromatic N) is 1. The standard InChI is InChI=1S/C23H27NO6S/c1-18-13-15-20(16-14-18)31(27,28)24(19-10-6-5-7-11-19)21(25)12-8-9-17-29-22(26)30-23(2,3)4/h5-8,10-16H,9,17H2,1-4H3/b12-8+. The van der Waals surface area contributed by atoms with Gasteiger partial charge in [-0.15, -0.1) is 0 Å². The van der Waals surface area contributed by atoms with Crippen molar-refractivity contribution in [3.05, 3.63) is 72.3 Å². The minimum absolute atomic E-state index is 0.00522. The highest BCUT2D eigenvalue weighted by Crippen LogP contribution is 2.24. The molecule has 0 aliphatic carbocycles. The lowest BCUT2D eigenvalue weighted by atomic mass is 10.2. The van der Waals surface area contributed by atoms with E-state index in [0.717, 1.165) is 15.9 Å². The molecule has 0 atom stereocenters. The zero-order chi connectivity index (χ0) is 23.1. The van der Waals surface area contributed by atoms with Crippen molar-refractivity contribution in [1.82, 2.24) is 0 Å². The Kier molecular flexibility index (Phi) is 7.99. The Bertz CT molecular complexity index is 1020. The van der Waals surface area contributed by atoms with Crippen molar-refractivity contribution in [1.29, 1.82) is 0 Å². The van der Waals surface area contributed by atoms with E-state index in [9.17, 15) is 18.0 Å². The van der Waals surface area contributed by atoms with Gasteiger partial charge in [-0.05, 0) is 52.0 Å². The number of carbonyl (C=O) groups excluding carboxylic acids is 2. The van der Waals surface area contributed by atoms with Crippen LogP contribution in [-0.2, 0) is 24.3 Å². The third kappa shape index (κ3) is 7.25. The molecule has 2 rings (SSSR count). The molecule has 166 valence electrons. The maximum atomic E-state index is 13.2. The summed E-state index contributed by atoms with van der Waals surface area (Å²) in [5.74, 6) is -0.732. The highest BCUT2D eigenvalue weighted by atomic mass is 32.2. The lowest BCUT2D eigenvalue weighted by molar-refractivity contribution is -0.113. The molecule has 0 N–H and O–H groups in total. The molecule has 0 spiro atoms. The van der Waals surface area contributed by atoms with E-state index >= 15 is 0 Å². The first-order chi connectivity index (χ1) is 14.5. The lowest BCUT2D eigenvalue weighted by Gasteiger charge is -2.21. The fourth-order valence-electron chi connectivity index (χ4n) is 2.51. The summed E-state index contributed by atoms with van der Waals surface area (Å²) in [6.45, 7) is 7.01. The van der Waals surface area contributed by atoms with E-state index in [1.54, 1.807) is 63.2 Å². The number of sulfonamides is 1. The average molecular weight is 446 g/mol. The van der Waals surface area contributed by atoms with Crippen molar-refractivity contribution in [3.8, 4) is 0 Å². The SMILES string of the molecule is Cc1ccc(S(=O)(=O)N(C(=O)/C=C/CCOC(=O)OC(C)(C)C)c2ccccc2)cc1. The van der Waals surface area contributed by atoms with Gasteiger partial charge in [0, 0.05) is 12.5 Å². The molecule has 0 fully saturated rings. The molecule has 2 aromatic rings. The summed E-state index contributed by atoms with van der Waals surface area (Å²) in [6, 6.07) is 14.4. The van der Waals surface area contributed by atoms with Gasteiger partial charge in [-0.2, -0.15) is 4.31 Å². The second-order valence-electron chi connectivity index (χ2n) is 7.76. The molecule has 2 aromatic carbocycles. The van der Waals surface area contributed by atoms with Crippen LogP contribution < -0.4 is 4.31 Å². The van der Waals surface area contributed by atoms with Crippen molar-refractivity contribution in [2.45, 2.75) is 44.6 Å². The van der Waals surface area contributed by atoms with Crippen LogP contribution >= 0.6 is 0 Å². The zero-order valence-electron chi connectivity index (χ0n) is 18.1. The van der Waals surface area contributed by atoms with Crippen molar-refractivity contribution < 1.29 is 27.5 Å². The molecule has 7 nitrogen and oxygen atoms in total. The van der Waals surface area contributed by atoms with Crippen LogP contribution in [0, 0.1) is 6.92 Å². The predicted molar refractivity (Wildman–Crippen MR) is 118 cm³/mol. The number of carbonyl (C=O) groups is 2. The topological polar surface area (TPSA) is 90.0 Å². The van der Waals surface area contributed by atoms with Crippen LogP contribution in [0.25, 0.3) is 0 Å². The Hall–Kier alpha value is -3.13. The summed E-state index contributed by atoms with van der Waals surface area (Å²) < 4.78 is 37.1. The molecular formula is C23H27NO6S. The molecule has 0 aliphatic heterocycles. The number of para-hydroxylation sites is 1. The summed E-state index contributed by atoms with van der Waals surface area (Å²) in [5.41, 5.74) is 0.466. The van der Waals surface area contributed by atoms with E-state index < -0.39 is 27.7 Å². The van der Waals surface area contributed by atoms with Crippen LogP contribution in [0.3, 0.4) is 0 Å². The molecule has 1 amide bonds. The summed E-state index contributed by atoms with van der Waals surface area (Å²) in [5, 5.41) is 0. The zero-order valence-corrected chi connectivity index (χ0v) is 18.9. The molecule has 0 bridgehead atoms. The van der Waals surface area contributed by atoms with Gasteiger partial charge in [0.05, 0.1) is 17.2 Å². The highest BCUT2D eigenvalue weighted by molar-refractivity contribution is 7.93. The van der Waals surface area contributed by atoms with Gasteiger partial charge in [-0.3, -0.25) is 4.79 Å². The number of benzene rings is 2. The normalized spacial score (nSPS) is 11.9. The van der Waals surface area contributed by atoms with Gasteiger partial charge in [-0.1, -0.05) is 42.0 Å². The number of amides is 1. The first-order valence-electron chi connectivity index (χ1n) is 9.74. The molecule has 0 aliphatic rings. The van der Waals surface area contributed by atoms with Gasteiger partial charge in [0.25, 0.3) is 15.9 Å². The van der Waals surface area contributed by atoms with Gasteiger partial charge in [0.15, 0.2) is 0 Å². The maximum Gasteiger partial charge on any atom is 0.508 e. The fraction of sp³-hybridized carbons (Fsp3) is 0.304. The molecule has 0 heterocycles. The van der Waals surface area contributed by atoms with Crippen molar-refractivity contribution in [2.24, 2.45) is 0 Å². The summed E-state index contributed by atoms with van der Waals surface area (Å²) in [4.78, 5) is 24.4. The van der Waals surface area contributed by atoms with Gasteiger partial charge >= 0.3 is 6.16 Å². The second kappa shape index (κ2) is 10.3. The lowest BCUT2D eigenvalue weighted by Crippen LogP contribution is -2.35. The quantitative estimate of drug-likeness (QED) is 0.351. The Labute approximate surface area is 183 Å². The van der Waals surface area contributed by atoms with Gasteiger partial charge in [0.1, 0.15) is 5.60 Å². The first-order valence-corrected chi connectivity index (χ1v) is 11.2. The molecular weight excluding hydrogens is 418 g/mol. The predicted octanol–water partition coefficient (Wildman–Crippen LogP) is 4.61. The van der Waals surface area contributed by atoms with Crippen LogP contribution in [-0.4, -0.2) is 32.7 Å². The Balaban J connectivity index is 2.14. The van der Waals surface area contributed by atoms with E-state index in [1.165, 1.54) is 18.2 Å². The molecule has 0 saturated carbocycles. The molecule has 0 unspecified atom stereocenters. The number of hydrogen-bond acceptors (Lipinski definition) is 6. The summed E-state index contributed by atoms with van der Waals surface area (Å²) in [6.07, 6.45) is 2.02. The van der Waals surface area contributed by atoms with Crippen molar-refractivity contribution in [2.75, 3.05) is 10.9 Å². The number of ether oxygens (including phenoxy) is 2. The van der Waals surface area contributed by atoms with Crippen LogP contribution in [0.2, 0.25) is 0 Å². The van der Waals surface area contributed by atoms with Gasteiger partial charge in [-0.25, -0.2) is 13.2 Å².